The Morgan fingerprint density at radius 1 is 0.733 bits per heavy atom. The van der Waals surface area contributed by atoms with Crippen molar-refractivity contribution in [3.05, 3.63) is 78.4 Å². The van der Waals surface area contributed by atoms with Crippen LogP contribution in [0.3, 0.4) is 0 Å². The molecule has 3 aromatic carbocycles. The molecule has 1 aliphatic rings. The lowest BCUT2D eigenvalue weighted by atomic mass is 10.1. The van der Waals surface area contributed by atoms with E-state index in [0.717, 1.165) is 11.3 Å². The molecule has 0 aliphatic carbocycles. The van der Waals surface area contributed by atoms with Crippen LogP contribution in [0.15, 0.2) is 72.8 Å². The third-order valence-electron chi connectivity index (χ3n) is 4.51. The summed E-state index contributed by atoms with van der Waals surface area (Å²) in [6, 6.07) is 21.5. The molecule has 3 aromatic rings. The highest BCUT2D eigenvalue weighted by atomic mass is 16.7. The van der Waals surface area contributed by atoms with E-state index < -0.39 is 0 Å². The van der Waals surface area contributed by atoms with Crippen molar-refractivity contribution < 1.29 is 19.1 Å². The minimum atomic E-state index is -0.354. The molecule has 1 heterocycles. The van der Waals surface area contributed by atoms with Crippen LogP contribution in [-0.2, 0) is 11.2 Å². The Kier molecular flexibility index (Phi) is 5.80. The molecule has 7 nitrogen and oxygen atoms in total. The minimum Gasteiger partial charge on any atom is -0.454 e. The third kappa shape index (κ3) is 5.08. The van der Waals surface area contributed by atoms with Gasteiger partial charge in [0.1, 0.15) is 0 Å². The van der Waals surface area contributed by atoms with Crippen LogP contribution in [0.2, 0.25) is 0 Å². The lowest BCUT2D eigenvalue weighted by molar-refractivity contribution is -0.116. The molecule has 3 amide bonds. The first-order valence-electron chi connectivity index (χ1n) is 9.57. The van der Waals surface area contributed by atoms with E-state index in [-0.39, 0.29) is 18.7 Å². The van der Waals surface area contributed by atoms with Crippen LogP contribution in [-0.4, -0.2) is 18.7 Å². The molecule has 1 aliphatic heterocycles. The number of hydrogen-bond acceptors (Lipinski definition) is 4. The summed E-state index contributed by atoms with van der Waals surface area (Å²) < 4.78 is 10.7. The number of ether oxygens (including phenoxy) is 2. The molecule has 30 heavy (non-hydrogen) atoms. The summed E-state index contributed by atoms with van der Waals surface area (Å²) in [5.41, 5.74) is 2.89. The molecule has 4 rings (SSSR count). The van der Waals surface area contributed by atoms with Crippen LogP contribution in [0.4, 0.5) is 21.9 Å². The van der Waals surface area contributed by atoms with E-state index in [1.165, 1.54) is 0 Å². The molecule has 0 atom stereocenters. The summed E-state index contributed by atoms with van der Waals surface area (Å²) >= 11 is 0. The van der Waals surface area contributed by atoms with Gasteiger partial charge in [-0.2, -0.15) is 0 Å². The largest absolute Gasteiger partial charge is 0.454 e. The maximum atomic E-state index is 12.3. The third-order valence-corrected chi connectivity index (χ3v) is 4.51. The van der Waals surface area contributed by atoms with Crippen LogP contribution in [0.1, 0.15) is 12.0 Å². The number of benzene rings is 3. The number of carbonyl (C=O) groups is 2. The van der Waals surface area contributed by atoms with E-state index in [1.807, 2.05) is 36.4 Å². The van der Waals surface area contributed by atoms with E-state index in [4.69, 9.17) is 9.47 Å². The van der Waals surface area contributed by atoms with Crippen molar-refractivity contribution >= 4 is 29.0 Å². The zero-order valence-electron chi connectivity index (χ0n) is 16.2. The number of para-hydroxylation sites is 1. The predicted molar refractivity (Wildman–Crippen MR) is 115 cm³/mol. The summed E-state index contributed by atoms with van der Waals surface area (Å²) in [5.74, 6) is 1.32. The quantitative estimate of drug-likeness (QED) is 0.560. The molecule has 0 bridgehead atoms. The van der Waals surface area contributed by atoms with Crippen molar-refractivity contribution in [3.8, 4) is 11.5 Å². The lowest BCUT2D eigenvalue weighted by Crippen LogP contribution is -2.19. The fraction of sp³-hybridized carbons (Fsp3) is 0.130. The molecule has 0 aromatic heterocycles. The van der Waals surface area contributed by atoms with Crippen LogP contribution in [0, 0.1) is 0 Å². The van der Waals surface area contributed by atoms with E-state index >= 15 is 0 Å². The molecule has 3 N–H and O–H groups in total. The summed E-state index contributed by atoms with van der Waals surface area (Å²) in [4.78, 5) is 24.5. The van der Waals surface area contributed by atoms with E-state index in [0.29, 0.717) is 35.7 Å². The van der Waals surface area contributed by atoms with Crippen molar-refractivity contribution in [2.45, 2.75) is 12.8 Å². The first-order chi connectivity index (χ1) is 14.7. The van der Waals surface area contributed by atoms with Gasteiger partial charge in [-0.05, 0) is 54.4 Å². The van der Waals surface area contributed by atoms with E-state index in [2.05, 4.69) is 16.0 Å². The summed E-state index contributed by atoms with van der Waals surface area (Å²) in [7, 11) is 0. The van der Waals surface area contributed by atoms with Gasteiger partial charge in [-0.25, -0.2) is 4.79 Å². The number of rotatable bonds is 6. The Balaban J connectivity index is 1.29. The minimum absolute atomic E-state index is 0.112. The zero-order chi connectivity index (χ0) is 20.8. The normalized spacial score (nSPS) is 11.6. The van der Waals surface area contributed by atoms with Gasteiger partial charge >= 0.3 is 6.03 Å². The van der Waals surface area contributed by atoms with Gasteiger partial charge in [-0.1, -0.05) is 30.3 Å². The highest BCUT2D eigenvalue weighted by molar-refractivity contribution is 6.00. The number of anilines is 3. The lowest BCUT2D eigenvalue weighted by Gasteiger charge is -2.10. The molecule has 0 saturated heterocycles. The standard InChI is InChI=1S/C23H21N3O4/c27-22(12-10-16-9-11-20-21(13-16)30-15-29-20)24-18-7-4-8-19(14-18)26-23(28)25-17-5-2-1-3-6-17/h1-9,11,13-14H,10,12,15H2,(H,24,27)(H2,25,26,28). The molecule has 152 valence electrons. The second-order valence-electron chi connectivity index (χ2n) is 6.76. The van der Waals surface area contributed by atoms with Gasteiger partial charge in [0.15, 0.2) is 11.5 Å². The first kappa shape index (κ1) is 19.3. The first-order valence-corrected chi connectivity index (χ1v) is 9.57. The smallest absolute Gasteiger partial charge is 0.323 e. The maximum absolute atomic E-state index is 12.3. The number of nitrogens with one attached hydrogen (secondary N) is 3. The molecule has 0 radical (unpaired) electrons. The van der Waals surface area contributed by atoms with Crippen molar-refractivity contribution in [3.63, 3.8) is 0 Å². The van der Waals surface area contributed by atoms with Crippen molar-refractivity contribution in [2.24, 2.45) is 0 Å². The molecular weight excluding hydrogens is 382 g/mol. The number of hydrogen-bond donors (Lipinski definition) is 3. The van der Waals surface area contributed by atoms with Crippen molar-refractivity contribution in [2.75, 3.05) is 22.7 Å². The van der Waals surface area contributed by atoms with Gasteiger partial charge in [0, 0.05) is 23.5 Å². The molecule has 0 saturated carbocycles. The van der Waals surface area contributed by atoms with Gasteiger partial charge < -0.3 is 25.4 Å². The predicted octanol–water partition coefficient (Wildman–Crippen LogP) is 4.63. The van der Waals surface area contributed by atoms with Crippen LogP contribution >= 0.6 is 0 Å². The highest BCUT2D eigenvalue weighted by Crippen LogP contribution is 2.32. The van der Waals surface area contributed by atoms with E-state index in [9.17, 15) is 9.59 Å². The van der Waals surface area contributed by atoms with Crippen LogP contribution in [0.25, 0.3) is 0 Å². The number of fused-ring (bicyclic) bond motifs is 1. The molecule has 0 spiro atoms. The number of aryl methyl sites for hydroxylation is 1. The Hall–Kier alpha value is -4.00. The number of carbonyl (C=O) groups excluding carboxylic acids is 2. The fourth-order valence-corrected chi connectivity index (χ4v) is 3.07. The molecular formula is C23H21N3O4. The second kappa shape index (κ2) is 9.00. The summed E-state index contributed by atoms with van der Waals surface area (Å²) in [5, 5.41) is 8.37. The average Bonchev–Trinajstić information content (AvgIpc) is 3.21. The maximum Gasteiger partial charge on any atom is 0.323 e. The summed E-state index contributed by atoms with van der Waals surface area (Å²) in [6.45, 7) is 0.229. The van der Waals surface area contributed by atoms with Gasteiger partial charge in [0.25, 0.3) is 0 Å². The molecule has 0 unspecified atom stereocenters. The van der Waals surface area contributed by atoms with Gasteiger partial charge in [0.05, 0.1) is 0 Å². The zero-order valence-corrected chi connectivity index (χ0v) is 16.2. The Labute approximate surface area is 174 Å². The number of urea groups is 1. The van der Waals surface area contributed by atoms with Gasteiger partial charge in [0.2, 0.25) is 12.7 Å². The Morgan fingerprint density at radius 3 is 2.27 bits per heavy atom. The monoisotopic (exact) mass is 403 g/mol. The van der Waals surface area contributed by atoms with Crippen molar-refractivity contribution in [1.29, 1.82) is 0 Å². The molecule has 0 fully saturated rings. The average molecular weight is 403 g/mol. The topological polar surface area (TPSA) is 88.7 Å². The van der Waals surface area contributed by atoms with E-state index in [1.54, 1.807) is 36.4 Å². The second-order valence-corrected chi connectivity index (χ2v) is 6.76. The van der Waals surface area contributed by atoms with Crippen LogP contribution < -0.4 is 25.4 Å². The van der Waals surface area contributed by atoms with Gasteiger partial charge in [-0.3, -0.25) is 4.79 Å². The van der Waals surface area contributed by atoms with Crippen molar-refractivity contribution in [1.82, 2.24) is 0 Å². The number of amides is 3. The SMILES string of the molecule is O=C(CCc1ccc2c(c1)OCO2)Nc1cccc(NC(=O)Nc2ccccc2)c1. The summed E-state index contributed by atoms with van der Waals surface area (Å²) in [6.07, 6.45) is 0.908. The van der Waals surface area contributed by atoms with Crippen LogP contribution in [0.5, 0.6) is 11.5 Å². The fourth-order valence-electron chi connectivity index (χ4n) is 3.07. The highest BCUT2D eigenvalue weighted by Gasteiger charge is 2.13. The molecule has 7 heteroatoms. The van der Waals surface area contributed by atoms with Gasteiger partial charge in [-0.15, -0.1) is 0 Å². The Bertz CT molecular complexity index is 1050. The Morgan fingerprint density at radius 2 is 1.43 bits per heavy atom.